The van der Waals surface area contributed by atoms with Gasteiger partial charge >= 0.3 is 0 Å². The Labute approximate surface area is 335 Å². The smallest absolute Gasteiger partial charge is 0.160 e. The first-order valence-electron chi connectivity index (χ1n) is 19.3. The maximum absolute atomic E-state index is 5.35. The molecule has 11 aromatic rings. The molecule has 0 radical (unpaired) electrons. The summed E-state index contributed by atoms with van der Waals surface area (Å²) in [5.74, 6) is 0.694. The van der Waals surface area contributed by atoms with Crippen LogP contribution >= 0.6 is 11.3 Å². The van der Waals surface area contributed by atoms with Crippen LogP contribution in [0.2, 0.25) is 0 Å². The standard InChI is InChI=1S/C54H34N2S/c1-2-15-37(16-3-1)54-55-50(34-51(56-54)47-21-9-8-20-45(47)40-26-25-35-13-4-5-17-38(35)29-40)43-31-41(30-42(32-43)46-23-12-18-36-14-6-7-19-44(36)46)39-27-28-53-49(33-39)48-22-10-11-24-52(48)57-53/h1-34H. The molecule has 9 aromatic carbocycles. The van der Waals surface area contributed by atoms with Gasteiger partial charge in [-0.05, 0) is 103 Å². The number of nitrogens with zero attached hydrogens (tertiary/aromatic N) is 2. The molecule has 0 unspecified atom stereocenters. The Hall–Kier alpha value is -7.20. The quantitative estimate of drug-likeness (QED) is 0.170. The fourth-order valence-electron chi connectivity index (χ4n) is 8.24. The van der Waals surface area contributed by atoms with Gasteiger partial charge in [0.15, 0.2) is 5.82 Å². The van der Waals surface area contributed by atoms with Crippen molar-refractivity contribution in [3.8, 4) is 67.3 Å². The minimum atomic E-state index is 0.694. The lowest BCUT2D eigenvalue weighted by molar-refractivity contribution is 1.18. The molecule has 2 nitrogen and oxygen atoms in total. The Morgan fingerprint density at radius 1 is 0.281 bits per heavy atom. The van der Waals surface area contributed by atoms with Crippen LogP contribution in [-0.4, -0.2) is 9.97 Å². The van der Waals surface area contributed by atoms with Crippen molar-refractivity contribution in [1.82, 2.24) is 9.97 Å². The predicted molar refractivity (Wildman–Crippen MR) is 243 cm³/mol. The van der Waals surface area contributed by atoms with Gasteiger partial charge in [-0.3, -0.25) is 0 Å². The lowest BCUT2D eigenvalue weighted by Crippen LogP contribution is -1.97. The van der Waals surface area contributed by atoms with E-state index in [0.29, 0.717) is 5.82 Å². The van der Waals surface area contributed by atoms with Gasteiger partial charge in [0.2, 0.25) is 0 Å². The van der Waals surface area contributed by atoms with Gasteiger partial charge in [0.25, 0.3) is 0 Å². The van der Waals surface area contributed by atoms with E-state index in [1.807, 2.05) is 17.4 Å². The van der Waals surface area contributed by atoms with Gasteiger partial charge < -0.3 is 0 Å². The van der Waals surface area contributed by atoms with E-state index in [1.54, 1.807) is 0 Å². The fourth-order valence-corrected chi connectivity index (χ4v) is 9.33. The number of aromatic nitrogens is 2. The predicted octanol–water partition coefficient (Wildman–Crippen LogP) is 15.2. The van der Waals surface area contributed by atoms with E-state index in [0.717, 1.165) is 50.3 Å². The number of fused-ring (bicyclic) bond motifs is 5. The third kappa shape index (κ3) is 6.06. The summed E-state index contributed by atoms with van der Waals surface area (Å²) >= 11 is 1.85. The van der Waals surface area contributed by atoms with E-state index in [4.69, 9.17) is 9.97 Å². The highest BCUT2D eigenvalue weighted by molar-refractivity contribution is 7.25. The van der Waals surface area contributed by atoms with Gasteiger partial charge in [0.05, 0.1) is 11.4 Å². The molecular weight excluding hydrogens is 709 g/mol. The summed E-state index contributed by atoms with van der Waals surface area (Å²) in [6.07, 6.45) is 0. The zero-order valence-electron chi connectivity index (χ0n) is 30.9. The fraction of sp³-hybridized carbons (Fsp3) is 0. The summed E-state index contributed by atoms with van der Waals surface area (Å²) < 4.78 is 2.60. The largest absolute Gasteiger partial charge is 0.228 e. The number of benzene rings is 9. The maximum atomic E-state index is 5.35. The van der Waals surface area contributed by atoms with E-state index >= 15 is 0 Å². The second-order valence-corrected chi connectivity index (χ2v) is 15.7. The second-order valence-electron chi connectivity index (χ2n) is 14.6. The van der Waals surface area contributed by atoms with Crippen molar-refractivity contribution in [2.24, 2.45) is 0 Å². The van der Waals surface area contributed by atoms with Gasteiger partial charge in [0, 0.05) is 36.9 Å². The van der Waals surface area contributed by atoms with Crippen LogP contribution < -0.4 is 0 Å². The molecule has 0 fully saturated rings. The number of hydrogen-bond donors (Lipinski definition) is 0. The SMILES string of the molecule is c1ccc(-c2nc(-c3cc(-c4ccc5sc6ccccc6c5c4)cc(-c4cccc5ccccc45)c3)cc(-c3ccccc3-c3ccc4ccccc4c3)n2)cc1. The van der Waals surface area contributed by atoms with Gasteiger partial charge in [0.1, 0.15) is 0 Å². The summed E-state index contributed by atoms with van der Waals surface area (Å²) in [4.78, 5) is 10.6. The zero-order valence-corrected chi connectivity index (χ0v) is 31.7. The molecule has 0 aliphatic carbocycles. The highest BCUT2D eigenvalue weighted by atomic mass is 32.1. The third-order valence-electron chi connectivity index (χ3n) is 11.1. The monoisotopic (exact) mass is 742 g/mol. The number of rotatable bonds is 6. The molecule has 0 N–H and O–H groups in total. The molecule has 0 saturated carbocycles. The van der Waals surface area contributed by atoms with E-state index in [2.05, 4.69) is 200 Å². The molecule has 0 aliphatic rings. The molecule has 266 valence electrons. The first kappa shape index (κ1) is 33.2. The Kier molecular flexibility index (Phi) is 8.04. The van der Waals surface area contributed by atoms with Crippen molar-refractivity contribution >= 4 is 53.1 Å². The Balaban J connectivity index is 1.15. The summed E-state index contributed by atoms with van der Waals surface area (Å²) in [6, 6.07) is 74.1. The topological polar surface area (TPSA) is 25.8 Å². The summed E-state index contributed by atoms with van der Waals surface area (Å²) in [7, 11) is 0. The van der Waals surface area contributed by atoms with Crippen molar-refractivity contribution in [1.29, 1.82) is 0 Å². The molecule has 3 heteroatoms. The van der Waals surface area contributed by atoms with Crippen LogP contribution in [0.3, 0.4) is 0 Å². The molecule has 0 atom stereocenters. The van der Waals surface area contributed by atoms with E-state index in [1.165, 1.54) is 52.8 Å². The lowest BCUT2D eigenvalue weighted by atomic mass is 9.91. The molecule has 0 saturated heterocycles. The summed E-state index contributed by atoms with van der Waals surface area (Å²) in [5, 5.41) is 7.45. The molecule has 11 rings (SSSR count). The Bertz CT molecular complexity index is 3300. The van der Waals surface area contributed by atoms with Gasteiger partial charge in [-0.15, -0.1) is 11.3 Å². The first-order chi connectivity index (χ1) is 28.2. The van der Waals surface area contributed by atoms with Crippen LogP contribution in [0.5, 0.6) is 0 Å². The second kappa shape index (κ2) is 13.8. The van der Waals surface area contributed by atoms with Crippen LogP contribution in [0.4, 0.5) is 0 Å². The summed E-state index contributed by atoms with van der Waals surface area (Å²) in [6.45, 7) is 0. The van der Waals surface area contributed by atoms with E-state index < -0.39 is 0 Å². The van der Waals surface area contributed by atoms with Crippen LogP contribution in [-0.2, 0) is 0 Å². The molecule has 2 heterocycles. The van der Waals surface area contributed by atoms with Gasteiger partial charge in [-0.1, -0.05) is 158 Å². The third-order valence-corrected chi connectivity index (χ3v) is 12.2. The van der Waals surface area contributed by atoms with Gasteiger partial charge in [-0.2, -0.15) is 0 Å². The molecule has 0 aliphatic heterocycles. The lowest BCUT2D eigenvalue weighted by Gasteiger charge is -2.15. The van der Waals surface area contributed by atoms with Crippen LogP contribution in [0, 0.1) is 0 Å². The van der Waals surface area contributed by atoms with Crippen LogP contribution in [0.1, 0.15) is 0 Å². The highest BCUT2D eigenvalue weighted by Gasteiger charge is 2.17. The maximum Gasteiger partial charge on any atom is 0.160 e. The van der Waals surface area contributed by atoms with Crippen LogP contribution in [0.25, 0.3) is 109 Å². The minimum Gasteiger partial charge on any atom is -0.228 e. The first-order valence-corrected chi connectivity index (χ1v) is 20.1. The Morgan fingerprint density at radius 3 is 1.81 bits per heavy atom. The molecule has 0 spiro atoms. The van der Waals surface area contributed by atoms with Crippen molar-refractivity contribution < 1.29 is 0 Å². The van der Waals surface area contributed by atoms with Crippen molar-refractivity contribution in [3.05, 3.63) is 206 Å². The molecule has 0 bridgehead atoms. The Morgan fingerprint density at radius 2 is 0.912 bits per heavy atom. The van der Waals surface area contributed by atoms with E-state index in [9.17, 15) is 0 Å². The average Bonchev–Trinajstić information content (AvgIpc) is 3.67. The van der Waals surface area contributed by atoms with Crippen molar-refractivity contribution in [3.63, 3.8) is 0 Å². The molecule has 0 amide bonds. The van der Waals surface area contributed by atoms with Gasteiger partial charge in [-0.25, -0.2) is 9.97 Å². The number of thiophene rings is 1. The number of hydrogen-bond acceptors (Lipinski definition) is 3. The van der Waals surface area contributed by atoms with Crippen molar-refractivity contribution in [2.75, 3.05) is 0 Å². The highest BCUT2D eigenvalue weighted by Crippen LogP contribution is 2.41. The molecular formula is C54H34N2S. The average molecular weight is 743 g/mol. The summed E-state index contributed by atoms with van der Waals surface area (Å²) in [5.41, 5.74) is 11.8. The molecule has 57 heavy (non-hydrogen) atoms. The minimum absolute atomic E-state index is 0.694. The normalized spacial score (nSPS) is 11.5. The van der Waals surface area contributed by atoms with Crippen LogP contribution in [0.15, 0.2) is 206 Å². The zero-order chi connectivity index (χ0) is 37.7. The molecule has 2 aromatic heterocycles. The van der Waals surface area contributed by atoms with Crippen molar-refractivity contribution in [2.45, 2.75) is 0 Å². The van der Waals surface area contributed by atoms with E-state index in [-0.39, 0.29) is 0 Å².